The number of aliphatic hydroxyl groups excluding tert-OH is 1. The van der Waals surface area contributed by atoms with Crippen LogP contribution < -0.4 is 11.1 Å². The molecule has 1 unspecified atom stereocenters. The van der Waals surface area contributed by atoms with Crippen molar-refractivity contribution < 1.29 is 9.90 Å². The molecule has 0 fully saturated rings. The number of hydrogen-bond acceptors (Lipinski definition) is 3. The molecule has 0 saturated carbocycles. The van der Waals surface area contributed by atoms with Crippen molar-refractivity contribution in [3.63, 3.8) is 0 Å². The summed E-state index contributed by atoms with van der Waals surface area (Å²) in [5.74, 6) is 0.114. The van der Waals surface area contributed by atoms with Gasteiger partial charge in [0.05, 0.1) is 6.10 Å². The van der Waals surface area contributed by atoms with Gasteiger partial charge in [-0.15, -0.1) is 0 Å². The van der Waals surface area contributed by atoms with Crippen molar-refractivity contribution in [1.29, 1.82) is 0 Å². The maximum atomic E-state index is 12.0. The minimum absolute atomic E-state index is 0.114. The molecule has 0 aliphatic heterocycles. The summed E-state index contributed by atoms with van der Waals surface area (Å²) in [5.41, 5.74) is 7.83. The van der Waals surface area contributed by atoms with Crippen molar-refractivity contribution in [3.8, 4) is 0 Å². The summed E-state index contributed by atoms with van der Waals surface area (Å²) in [5, 5.41) is 13.1. The van der Waals surface area contributed by atoms with Gasteiger partial charge in [0.25, 0.3) is 0 Å². The van der Waals surface area contributed by atoms with Crippen LogP contribution in [0.2, 0.25) is 0 Å². The Bertz CT molecular complexity index is 548. The predicted octanol–water partition coefficient (Wildman–Crippen LogP) is 5.99. The Morgan fingerprint density at radius 1 is 0.900 bits per heavy atom. The lowest BCUT2D eigenvalue weighted by Crippen LogP contribution is -2.22. The first-order valence-electron chi connectivity index (χ1n) is 12.4. The first kappa shape index (κ1) is 26.6. The van der Waals surface area contributed by atoms with E-state index in [2.05, 4.69) is 12.2 Å². The summed E-state index contributed by atoms with van der Waals surface area (Å²) < 4.78 is 0. The lowest BCUT2D eigenvalue weighted by Gasteiger charge is -2.10. The number of amides is 1. The first-order valence-corrected chi connectivity index (χ1v) is 12.4. The van der Waals surface area contributed by atoms with Crippen LogP contribution in [0.15, 0.2) is 24.3 Å². The summed E-state index contributed by atoms with van der Waals surface area (Å²) in [6.07, 6.45) is 16.9. The second-order valence-electron chi connectivity index (χ2n) is 8.67. The van der Waals surface area contributed by atoms with Gasteiger partial charge < -0.3 is 16.2 Å². The van der Waals surface area contributed by atoms with Crippen molar-refractivity contribution in [2.24, 2.45) is 5.73 Å². The maximum absolute atomic E-state index is 12.0. The van der Waals surface area contributed by atoms with Crippen LogP contribution in [-0.4, -0.2) is 17.1 Å². The third kappa shape index (κ3) is 14.6. The zero-order valence-electron chi connectivity index (χ0n) is 19.3. The number of rotatable bonds is 19. The normalized spacial score (nSPS) is 12.1. The summed E-state index contributed by atoms with van der Waals surface area (Å²) in [6.45, 7) is 3.34. The van der Waals surface area contributed by atoms with Crippen LogP contribution in [0.5, 0.6) is 0 Å². The van der Waals surface area contributed by atoms with E-state index in [0.29, 0.717) is 19.5 Å². The minimum Gasteiger partial charge on any atom is -0.393 e. The number of hydrogen-bond donors (Lipinski definition) is 3. The molecule has 0 bridgehead atoms. The van der Waals surface area contributed by atoms with E-state index in [9.17, 15) is 9.90 Å². The van der Waals surface area contributed by atoms with Crippen molar-refractivity contribution in [2.45, 2.75) is 122 Å². The Morgan fingerprint density at radius 2 is 1.47 bits per heavy atom. The van der Waals surface area contributed by atoms with Crippen molar-refractivity contribution in [1.82, 2.24) is 5.32 Å². The average molecular weight is 419 g/mol. The summed E-state index contributed by atoms with van der Waals surface area (Å²) in [7, 11) is 0. The topological polar surface area (TPSA) is 75.3 Å². The third-order valence-electron chi connectivity index (χ3n) is 5.80. The third-order valence-corrected chi connectivity index (χ3v) is 5.80. The van der Waals surface area contributed by atoms with Crippen LogP contribution in [-0.2, 0) is 17.9 Å². The van der Waals surface area contributed by atoms with E-state index in [4.69, 9.17) is 5.73 Å². The molecule has 1 rings (SSSR count). The number of nitrogens with two attached hydrogens (primary N) is 1. The van der Waals surface area contributed by atoms with Gasteiger partial charge in [-0.1, -0.05) is 102 Å². The Balaban J connectivity index is 1.91. The molecule has 30 heavy (non-hydrogen) atoms. The van der Waals surface area contributed by atoms with E-state index in [1.165, 1.54) is 44.9 Å². The number of carbonyl (C=O) groups excluding carboxylic acids is 1. The molecule has 0 aliphatic rings. The van der Waals surface area contributed by atoms with E-state index in [0.717, 1.165) is 56.1 Å². The smallest absolute Gasteiger partial charge is 0.220 e. The Morgan fingerprint density at radius 3 is 2.10 bits per heavy atom. The van der Waals surface area contributed by atoms with Gasteiger partial charge in [-0.05, 0) is 30.4 Å². The molecular weight excluding hydrogens is 372 g/mol. The van der Waals surface area contributed by atoms with Crippen LogP contribution in [0.3, 0.4) is 0 Å². The highest BCUT2D eigenvalue weighted by Crippen LogP contribution is 2.14. The van der Waals surface area contributed by atoms with Gasteiger partial charge in [0.15, 0.2) is 0 Å². The van der Waals surface area contributed by atoms with E-state index in [1.54, 1.807) is 0 Å². The molecule has 0 saturated heterocycles. The molecule has 0 spiro atoms. The van der Waals surface area contributed by atoms with Gasteiger partial charge >= 0.3 is 0 Å². The zero-order valence-corrected chi connectivity index (χ0v) is 19.3. The standard InChI is InChI=1S/C26H46N2O2/c1-2-3-4-5-6-7-8-11-17-25(29)18-12-9-10-13-19-26(30)28-22-24-16-14-15-23(20-24)21-27/h14-16,20,25,29H,2-13,17-19,21-22,27H2,1H3,(H,28,30). The molecule has 1 aromatic rings. The molecule has 0 aliphatic carbocycles. The maximum Gasteiger partial charge on any atom is 0.220 e. The number of nitrogens with one attached hydrogen (secondary N) is 1. The van der Waals surface area contributed by atoms with E-state index in [-0.39, 0.29) is 12.0 Å². The van der Waals surface area contributed by atoms with Crippen molar-refractivity contribution in [2.75, 3.05) is 0 Å². The van der Waals surface area contributed by atoms with Gasteiger partial charge in [-0.25, -0.2) is 0 Å². The van der Waals surface area contributed by atoms with Gasteiger partial charge in [0.1, 0.15) is 0 Å². The SMILES string of the molecule is CCCCCCCCCCC(O)CCCCCCC(=O)NCc1cccc(CN)c1. The highest BCUT2D eigenvalue weighted by Gasteiger charge is 2.05. The summed E-state index contributed by atoms with van der Waals surface area (Å²) in [4.78, 5) is 12.0. The molecular formula is C26H46N2O2. The lowest BCUT2D eigenvalue weighted by atomic mass is 10.0. The molecule has 0 aromatic heterocycles. The molecule has 1 aromatic carbocycles. The zero-order chi connectivity index (χ0) is 21.9. The van der Waals surface area contributed by atoms with Crippen LogP contribution in [0.25, 0.3) is 0 Å². The summed E-state index contributed by atoms with van der Waals surface area (Å²) >= 11 is 0. The fourth-order valence-corrected chi connectivity index (χ4v) is 3.83. The first-order chi connectivity index (χ1) is 14.7. The Kier molecular flexibility index (Phi) is 16.3. The number of aliphatic hydroxyl groups is 1. The minimum atomic E-state index is -0.141. The van der Waals surface area contributed by atoms with Crippen LogP contribution in [0.1, 0.15) is 114 Å². The second kappa shape index (κ2) is 18.4. The van der Waals surface area contributed by atoms with Crippen LogP contribution in [0.4, 0.5) is 0 Å². The number of benzene rings is 1. The van der Waals surface area contributed by atoms with E-state index in [1.807, 2.05) is 24.3 Å². The summed E-state index contributed by atoms with van der Waals surface area (Å²) in [6, 6.07) is 8.03. The van der Waals surface area contributed by atoms with Gasteiger partial charge in [-0.3, -0.25) is 4.79 Å². The molecule has 4 heteroatoms. The highest BCUT2D eigenvalue weighted by atomic mass is 16.3. The largest absolute Gasteiger partial charge is 0.393 e. The fraction of sp³-hybridized carbons (Fsp3) is 0.731. The van der Waals surface area contributed by atoms with Crippen LogP contribution >= 0.6 is 0 Å². The van der Waals surface area contributed by atoms with Crippen LogP contribution in [0, 0.1) is 0 Å². The quantitative estimate of drug-likeness (QED) is 0.241. The fourth-order valence-electron chi connectivity index (χ4n) is 3.83. The van der Waals surface area contributed by atoms with Gasteiger partial charge in [0.2, 0.25) is 5.91 Å². The molecule has 1 atom stereocenters. The average Bonchev–Trinajstić information content (AvgIpc) is 2.76. The molecule has 1 amide bonds. The molecule has 4 nitrogen and oxygen atoms in total. The number of unbranched alkanes of at least 4 members (excludes halogenated alkanes) is 10. The number of carbonyl (C=O) groups is 1. The predicted molar refractivity (Wildman–Crippen MR) is 127 cm³/mol. The van der Waals surface area contributed by atoms with Gasteiger partial charge in [0, 0.05) is 19.5 Å². The van der Waals surface area contributed by atoms with Crippen molar-refractivity contribution in [3.05, 3.63) is 35.4 Å². The molecule has 0 heterocycles. The van der Waals surface area contributed by atoms with E-state index >= 15 is 0 Å². The molecule has 172 valence electrons. The van der Waals surface area contributed by atoms with Gasteiger partial charge in [-0.2, -0.15) is 0 Å². The molecule has 0 radical (unpaired) electrons. The monoisotopic (exact) mass is 418 g/mol. The lowest BCUT2D eigenvalue weighted by molar-refractivity contribution is -0.121. The van der Waals surface area contributed by atoms with E-state index < -0.39 is 0 Å². The van der Waals surface area contributed by atoms with Crippen molar-refractivity contribution >= 4 is 5.91 Å². The Labute approximate surface area is 185 Å². The molecule has 4 N–H and O–H groups in total. The second-order valence-corrected chi connectivity index (χ2v) is 8.67. The Hall–Kier alpha value is -1.39. The highest BCUT2D eigenvalue weighted by molar-refractivity contribution is 5.75.